The number of rotatable bonds is 9. The lowest BCUT2D eigenvalue weighted by Gasteiger charge is -2.16. The Morgan fingerprint density at radius 2 is 1.56 bits per heavy atom. The van der Waals surface area contributed by atoms with Crippen molar-refractivity contribution in [2.75, 3.05) is 11.3 Å². The number of hydrogen-bond donors (Lipinski definition) is 3. The fourth-order valence-corrected chi connectivity index (χ4v) is 4.32. The third kappa shape index (κ3) is 6.51. The van der Waals surface area contributed by atoms with Gasteiger partial charge in [-0.2, -0.15) is 13.2 Å². The Kier molecular flexibility index (Phi) is 7.83. The SMILES string of the molecule is C=C(CCNC(=O)c1ccc(C(F)(F)F)cc1NS(=O)(=O)c1ccc(C(N)=O)cc1)c1ccccc1. The number of carbonyl (C=O) groups excluding carboxylic acids is 2. The average molecular weight is 518 g/mol. The molecular formula is C25H22F3N3O4S. The first-order valence-electron chi connectivity index (χ1n) is 10.5. The number of halogens is 3. The summed E-state index contributed by atoms with van der Waals surface area (Å²) in [5.74, 6) is -1.55. The van der Waals surface area contributed by atoms with Crippen LogP contribution in [0.15, 0.2) is 84.3 Å². The minimum absolute atomic E-state index is 0.0465. The van der Waals surface area contributed by atoms with E-state index in [4.69, 9.17) is 5.73 Å². The number of nitrogens with one attached hydrogen (secondary N) is 2. The van der Waals surface area contributed by atoms with Gasteiger partial charge in [-0.25, -0.2) is 8.42 Å². The molecular weight excluding hydrogens is 495 g/mol. The maximum atomic E-state index is 13.3. The van der Waals surface area contributed by atoms with Gasteiger partial charge in [0.25, 0.3) is 15.9 Å². The monoisotopic (exact) mass is 517 g/mol. The molecule has 0 saturated carbocycles. The lowest BCUT2D eigenvalue weighted by molar-refractivity contribution is -0.137. The van der Waals surface area contributed by atoms with E-state index in [0.29, 0.717) is 18.6 Å². The molecule has 0 saturated heterocycles. The van der Waals surface area contributed by atoms with Gasteiger partial charge in [0.05, 0.1) is 21.7 Å². The van der Waals surface area contributed by atoms with E-state index in [1.165, 1.54) is 0 Å². The first kappa shape index (κ1) is 26.5. The molecule has 3 aromatic rings. The molecule has 0 aliphatic carbocycles. The molecule has 0 aromatic heterocycles. The van der Waals surface area contributed by atoms with Crippen molar-refractivity contribution in [3.63, 3.8) is 0 Å². The predicted octanol–water partition coefficient (Wildman–Crippen LogP) is 4.44. The Morgan fingerprint density at radius 1 is 0.917 bits per heavy atom. The fraction of sp³-hybridized carbons (Fsp3) is 0.120. The maximum absolute atomic E-state index is 13.3. The highest BCUT2D eigenvalue weighted by Crippen LogP contribution is 2.33. The Bertz CT molecular complexity index is 1390. The highest BCUT2D eigenvalue weighted by atomic mass is 32.2. The number of nitrogens with two attached hydrogens (primary N) is 1. The summed E-state index contributed by atoms with van der Waals surface area (Å²) < 4.78 is 67.6. The average Bonchev–Trinajstić information content (AvgIpc) is 2.83. The van der Waals surface area contributed by atoms with Gasteiger partial charge in [-0.3, -0.25) is 14.3 Å². The first-order chi connectivity index (χ1) is 16.9. The molecule has 0 bridgehead atoms. The van der Waals surface area contributed by atoms with Crippen molar-refractivity contribution in [3.05, 3.63) is 102 Å². The summed E-state index contributed by atoms with van der Waals surface area (Å²) in [5.41, 5.74) is 4.80. The maximum Gasteiger partial charge on any atom is 0.416 e. The van der Waals surface area contributed by atoms with Crippen molar-refractivity contribution >= 4 is 33.1 Å². The lowest BCUT2D eigenvalue weighted by Crippen LogP contribution is -2.26. The van der Waals surface area contributed by atoms with Gasteiger partial charge in [-0.15, -0.1) is 0 Å². The number of primary amides is 1. The van der Waals surface area contributed by atoms with Crippen LogP contribution in [0.1, 0.15) is 38.3 Å². The van der Waals surface area contributed by atoms with E-state index < -0.39 is 39.3 Å². The third-order valence-electron chi connectivity index (χ3n) is 5.18. The zero-order valence-electron chi connectivity index (χ0n) is 18.8. The fourth-order valence-electron chi connectivity index (χ4n) is 3.25. The van der Waals surface area contributed by atoms with E-state index in [9.17, 15) is 31.2 Å². The molecule has 4 N–H and O–H groups in total. The molecule has 0 heterocycles. The summed E-state index contributed by atoms with van der Waals surface area (Å²) >= 11 is 0. The van der Waals surface area contributed by atoms with Crippen LogP contribution in [-0.4, -0.2) is 26.8 Å². The van der Waals surface area contributed by atoms with Gasteiger partial charge in [0.1, 0.15) is 0 Å². The van der Waals surface area contributed by atoms with E-state index in [1.54, 1.807) is 0 Å². The van der Waals surface area contributed by atoms with Gasteiger partial charge in [0, 0.05) is 12.1 Å². The first-order valence-corrected chi connectivity index (χ1v) is 12.0. The molecule has 3 aromatic carbocycles. The van der Waals surface area contributed by atoms with Gasteiger partial charge >= 0.3 is 6.18 Å². The minimum Gasteiger partial charge on any atom is -0.366 e. The molecule has 2 amide bonds. The number of amides is 2. The van der Waals surface area contributed by atoms with Crippen LogP contribution < -0.4 is 15.8 Å². The molecule has 0 unspecified atom stereocenters. The molecule has 0 aliphatic heterocycles. The molecule has 0 fully saturated rings. The number of hydrogen-bond acceptors (Lipinski definition) is 4. The van der Waals surface area contributed by atoms with E-state index in [2.05, 4.69) is 11.9 Å². The second-order valence-electron chi connectivity index (χ2n) is 7.73. The van der Waals surface area contributed by atoms with E-state index >= 15 is 0 Å². The zero-order valence-corrected chi connectivity index (χ0v) is 19.6. The number of sulfonamides is 1. The van der Waals surface area contributed by atoms with Gasteiger partial charge < -0.3 is 11.1 Å². The molecule has 0 aliphatic rings. The van der Waals surface area contributed by atoms with Crippen molar-refractivity contribution in [2.45, 2.75) is 17.5 Å². The van der Waals surface area contributed by atoms with E-state index in [-0.39, 0.29) is 22.6 Å². The molecule has 36 heavy (non-hydrogen) atoms. The molecule has 0 spiro atoms. The summed E-state index contributed by atoms with van der Waals surface area (Å²) in [4.78, 5) is 23.7. The van der Waals surface area contributed by atoms with E-state index in [1.807, 2.05) is 35.1 Å². The second-order valence-corrected chi connectivity index (χ2v) is 9.41. The Hall–Kier alpha value is -4.12. The minimum atomic E-state index is -4.77. The predicted molar refractivity (Wildman–Crippen MR) is 130 cm³/mol. The topological polar surface area (TPSA) is 118 Å². The molecule has 7 nitrogen and oxygen atoms in total. The van der Waals surface area contributed by atoms with Gasteiger partial charge in [-0.1, -0.05) is 36.9 Å². The summed E-state index contributed by atoms with van der Waals surface area (Å²) in [6.07, 6.45) is -4.41. The normalized spacial score (nSPS) is 11.5. The largest absolute Gasteiger partial charge is 0.416 e. The van der Waals surface area contributed by atoms with Crippen LogP contribution in [0.3, 0.4) is 0 Å². The molecule has 11 heteroatoms. The van der Waals surface area contributed by atoms with Crippen LogP contribution in [0, 0.1) is 0 Å². The number of anilines is 1. The van der Waals surface area contributed by atoms with Crippen molar-refractivity contribution in [1.82, 2.24) is 5.32 Å². The van der Waals surface area contributed by atoms with Crippen LogP contribution in [0.2, 0.25) is 0 Å². The van der Waals surface area contributed by atoms with Crippen LogP contribution in [0.5, 0.6) is 0 Å². The van der Waals surface area contributed by atoms with Crippen molar-refractivity contribution in [3.8, 4) is 0 Å². The van der Waals surface area contributed by atoms with Gasteiger partial charge in [0.2, 0.25) is 5.91 Å². The molecule has 0 atom stereocenters. The third-order valence-corrected chi connectivity index (χ3v) is 6.56. The summed E-state index contributed by atoms with van der Waals surface area (Å²) in [5, 5.41) is 2.58. The summed E-state index contributed by atoms with van der Waals surface area (Å²) in [6.45, 7) is 4.07. The van der Waals surface area contributed by atoms with Crippen LogP contribution >= 0.6 is 0 Å². The summed E-state index contributed by atoms with van der Waals surface area (Å²) in [7, 11) is -4.41. The van der Waals surface area contributed by atoms with Crippen molar-refractivity contribution < 1.29 is 31.2 Å². The van der Waals surface area contributed by atoms with Crippen LogP contribution in [-0.2, 0) is 16.2 Å². The highest BCUT2D eigenvalue weighted by molar-refractivity contribution is 7.92. The van der Waals surface area contributed by atoms with Crippen molar-refractivity contribution in [1.29, 1.82) is 0 Å². The zero-order chi connectivity index (χ0) is 26.5. The number of alkyl halides is 3. The second kappa shape index (κ2) is 10.6. The Labute approximate surface area is 205 Å². The van der Waals surface area contributed by atoms with E-state index in [0.717, 1.165) is 41.5 Å². The van der Waals surface area contributed by atoms with Crippen LogP contribution in [0.4, 0.5) is 18.9 Å². The Morgan fingerprint density at radius 3 is 2.14 bits per heavy atom. The van der Waals surface area contributed by atoms with Crippen LogP contribution in [0.25, 0.3) is 5.57 Å². The molecule has 3 rings (SSSR count). The number of carbonyl (C=O) groups is 2. The quantitative estimate of drug-likeness (QED) is 0.389. The van der Waals surface area contributed by atoms with Gasteiger partial charge in [0.15, 0.2) is 0 Å². The van der Waals surface area contributed by atoms with Gasteiger partial charge in [-0.05, 0) is 60.0 Å². The lowest BCUT2D eigenvalue weighted by atomic mass is 10.0. The molecule has 0 radical (unpaired) electrons. The summed E-state index contributed by atoms with van der Waals surface area (Å²) in [6, 6.07) is 15.8. The molecule has 188 valence electrons. The van der Waals surface area contributed by atoms with Crippen molar-refractivity contribution in [2.24, 2.45) is 5.73 Å². The Balaban J connectivity index is 1.83. The smallest absolute Gasteiger partial charge is 0.366 e. The highest BCUT2D eigenvalue weighted by Gasteiger charge is 2.32. The number of benzene rings is 3. The standard InChI is InChI=1S/C25H22F3N3O4S/c1-16(17-5-3-2-4-6-17)13-14-30-24(33)21-12-9-19(25(26,27)28)15-22(21)31-36(34,35)20-10-7-18(8-11-20)23(29)32/h2-12,15,31H,1,13-14H2,(H2,29,32)(H,30,33).